The molecule has 0 aliphatic rings. The Hall–Kier alpha value is -1.10. The molecule has 0 radical (unpaired) electrons. The number of carboxylic acid groups (broad SMARTS) is 1. The van der Waals surface area contributed by atoms with Crippen molar-refractivity contribution in [1.82, 2.24) is 5.32 Å². The summed E-state index contributed by atoms with van der Waals surface area (Å²) in [5.41, 5.74) is 4.93. The number of carbonyl (C=O) groups excluding carboxylic acids is 1. The number of hydrogen-bond donors (Lipinski definition) is 3. The predicted octanol–water partition coefficient (Wildman–Crippen LogP) is 0.873. The topological polar surface area (TPSA) is 92.4 Å². The average molecular weight is 230 g/mol. The van der Waals surface area contributed by atoms with E-state index in [-0.39, 0.29) is 18.4 Å². The van der Waals surface area contributed by atoms with Gasteiger partial charge in [0.25, 0.3) is 0 Å². The van der Waals surface area contributed by atoms with Crippen LogP contribution in [0.2, 0.25) is 0 Å². The van der Waals surface area contributed by atoms with E-state index in [1.165, 1.54) is 0 Å². The Balaban J connectivity index is 4.34. The van der Waals surface area contributed by atoms with Gasteiger partial charge in [-0.25, -0.2) is 0 Å². The Morgan fingerprint density at radius 2 is 2.00 bits per heavy atom. The second-order valence-corrected chi connectivity index (χ2v) is 4.34. The molecule has 0 aromatic heterocycles. The van der Waals surface area contributed by atoms with Gasteiger partial charge in [0, 0.05) is 6.04 Å². The summed E-state index contributed by atoms with van der Waals surface area (Å²) < 4.78 is 0. The van der Waals surface area contributed by atoms with Crippen LogP contribution in [0.15, 0.2) is 0 Å². The van der Waals surface area contributed by atoms with E-state index in [0.29, 0.717) is 12.8 Å². The first kappa shape index (κ1) is 14.9. The van der Waals surface area contributed by atoms with Crippen LogP contribution in [-0.2, 0) is 9.59 Å². The van der Waals surface area contributed by atoms with Crippen molar-refractivity contribution in [2.75, 3.05) is 0 Å². The van der Waals surface area contributed by atoms with E-state index in [1.807, 2.05) is 13.8 Å². The highest BCUT2D eigenvalue weighted by Gasteiger charge is 2.28. The molecule has 5 nitrogen and oxygen atoms in total. The van der Waals surface area contributed by atoms with E-state index in [9.17, 15) is 9.59 Å². The van der Waals surface area contributed by atoms with Crippen molar-refractivity contribution < 1.29 is 14.7 Å². The molecule has 2 atom stereocenters. The van der Waals surface area contributed by atoms with Crippen molar-refractivity contribution in [1.29, 1.82) is 0 Å². The van der Waals surface area contributed by atoms with E-state index in [1.54, 1.807) is 6.92 Å². The first-order valence-corrected chi connectivity index (χ1v) is 5.65. The second kappa shape index (κ2) is 6.48. The molecule has 4 N–H and O–H groups in total. The SMILES string of the molecule is CCCC(C)(N)C(=O)NC(CC)CC(=O)O. The number of aliphatic carboxylic acids is 1. The number of nitrogens with two attached hydrogens (primary N) is 1. The molecule has 0 spiro atoms. The smallest absolute Gasteiger partial charge is 0.305 e. The van der Waals surface area contributed by atoms with Crippen LogP contribution in [0.4, 0.5) is 0 Å². The average Bonchev–Trinajstić information content (AvgIpc) is 2.15. The fraction of sp³-hybridized carbons (Fsp3) is 0.818. The summed E-state index contributed by atoms with van der Waals surface area (Å²) in [6, 6.07) is -0.343. The molecular formula is C11H22N2O3. The highest BCUT2D eigenvalue weighted by molar-refractivity contribution is 5.86. The fourth-order valence-corrected chi connectivity index (χ4v) is 1.49. The van der Waals surface area contributed by atoms with Crippen LogP contribution in [0.3, 0.4) is 0 Å². The van der Waals surface area contributed by atoms with Crippen molar-refractivity contribution >= 4 is 11.9 Å². The van der Waals surface area contributed by atoms with Crippen LogP contribution >= 0.6 is 0 Å². The highest BCUT2D eigenvalue weighted by atomic mass is 16.4. The standard InChI is InChI=1S/C11H22N2O3/c1-4-6-11(3,12)10(16)13-8(5-2)7-9(14)15/h8H,4-7,12H2,1-3H3,(H,13,16)(H,14,15). The Morgan fingerprint density at radius 1 is 1.44 bits per heavy atom. The minimum absolute atomic E-state index is 0.0650. The van der Waals surface area contributed by atoms with Crippen molar-refractivity contribution in [2.45, 2.75) is 58.0 Å². The van der Waals surface area contributed by atoms with Crippen LogP contribution in [-0.4, -0.2) is 28.6 Å². The van der Waals surface area contributed by atoms with Crippen molar-refractivity contribution in [3.05, 3.63) is 0 Å². The van der Waals surface area contributed by atoms with Gasteiger partial charge in [-0.05, 0) is 19.8 Å². The number of carboxylic acids is 1. The van der Waals surface area contributed by atoms with Gasteiger partial charge in [-0.2, -0.15) is 0 Å². The minimum Gasteiger partial charge on any atom is -0.481 e. The quantitative estimate of drug-likeness (QED) is 0.605. The summed E-state index contributed by atoms with van der Waals surface area (Å²) in [7, 11) is 0. The molecule has 0 saturated carbocycles. The fourth-order valence-electron chi connectivity index (χ4n) is 1.49. The van der Waals surface area contributed by atoms with Gasteiger partial charge in [-0.3, -0.25) is 9.59 Å². The number of nitrogens with one attached hydrogen (secondary N) is 1. The predicted molar refractivity (Wildman–Crippen MR) is 62.0 cm³/mol. The molecule has 2 unspecified atom stereocenters. The zero-order valence-corrected chi connectivity index (χ0v) is 10.2. The molecule has 16 heavy (non-hydrogen) atoms. The molecular weight excluding hydrogens is 208 g/mol. The van der Waals surface area contributed by atoms with Gasteiger partial charge < -0.3 is 16.2 Å². The first-order valence-electron chi connectivity index (χ1n) is 5.65. The second-order valence-electron chi connectivity index (χ2n) is 4.34. The zero-order valence-electron chi connectivity index (χ0n) is 10.2. The lowest BCUT2D eigenvalue weighted by atomic mass is 9.95. The van der Waals surface area contributed by atoms with Crippen LogP contribution in [0.1, 0.15) is 46.5 Å². The summed E-state index contributed by atoms with van der Waals surface area (Å²) in [4.78, 5) is 22.3. The van der Waals surface area contributed by atoms with Gasteiger partial charge in [0.05, 0.1) is 12.0 Å². The summed E-state index contributed by atoms with van der Waals surface area (Å²) in [5.74, 6) is -1.19. The molecule has 0 fully saturated rings. The van der Waals surface area contributed by atoms with Gasteiger partial charge >= 0.3 is 5.97 Å². The van der Waals surface area contributed by atoms with Crippen LogP contribution in [0, 0.1) is 0 Å². The molecule has 0 aliphatic carbocycles. The lowest BCUT2D eigenvalue weighted by molar-refractivity contribution is -0.138. The van der Waals surface area contributed by atoms with E-state index < -0.39 is 11.5 Å². The van der Waals surface area contributed by atoms with E-state index in [0.717, 1.165) is 6.42 Å². The molecule has 94 valence electrons. The Morgan fingerprint density at radius 3 is 2.38 bits per heavy atom. The number of amides is 1. The van der Waals surface area contributed by atoms with Crippen molar-refractivity contribution in [3.8, 4) is 0 Å². The molecule has 5 heteroatoms. The molecule has 0 aromatic carbocycles. The van der Waals surface area contributed by atoms with Gasteiger partial charge in [0.1, 0.15) is 0 Å². The summed E-state index contributed by atoms with van der Waals surface area (Å²) in [5, 5.41) is 11.3. The maximum atomic E-state index is 11.8. The maximum absolute atomic E-state index is 11.8. The molecule has 0 aromatic rings. The molecule has 0 bridgehead atoms. The largest absolute Gasteiger partial charge is 0.481 e. The van der Waals surface area contributed by atoms with Crippen molar-refractivity contribution in [3.63, 3.8) is 0 Å². The third-order valence-corrected chi connectivity index (χ3v) is 2.54. The van der Waals surface area contributed by atoms with Crippen LogP contribution in [0.25, 0.3) is 0 Å². The Kier molecular flexibility index (Phi) is 6.03. The molecule has 0 aliphatic heterocycles. The van der Waals surface area contributed by atoms with Gasteiger partial charge in [0.2, 0.25) is 5.91 Å². The van der Waals surface area contributed by atoms with Crippen molar-refractivity contribution in [2.24, 2.45) is 5.73 Å². The van der Waals surface area contributed by atoms with Crippen LogP contribution in [0.5, 0.6) is 0 Å². The van der Waals surface area contributed by atoms with Gasteiger partial charge in [0.15, 0.2) is 0 Å². The third kappa shape index (κ3) is 5.11. The van der Waals surface area contributed by atoms with Gasteiger partial charge in [-0.1, -0.05) is 20.3 Å². The Bertz CT molecular complexity index is 252. The number of rotatable bonds is 7. The highest BCUT2D eigenvalue weighted by Crippen LogP contribution is 2.10. The maximum Gasteiger partial charge on any atom is 0.305 e. The zero-order chi connectivity index (χ0) is 12.8. The molecule has 1 amide bonds. The number of hydrogen-bond acceptors (Lipinski definition) is 3. The summed E-state index contributed by atoms with van der Waals surface area (Å²) in [6.07, 6.45) is 1.92. The minimum atomic E-state index is -0.916. The normalized spacial score (nSPS) is 16.2. The van der Waals surface area contributed by atoms with E-state index >= 15 is 0 Å². The van der Waals surface area contributed by atoms with Crippen LogP contribution < -0.4 is 11.1 Å². The van der Waals surface area contributed by atoms with E-state index in [2.05, 4.69) is 5.32 Å². The monoisotopic (exact) mass is 230 g/mol. The Labute approximate surface area is 96.4 Å². The molecule has 0 saturated heterocycles. The van der Waals surface area contributed by atoms with E-state index in [4.69, 9.17) is 10.8 Å². The molecule has 0 heterocycles. The summed E-state index contributed by atoms with van der Waals surface area (Å²) >= 11 is 0. The first-order chi connectivity index (χ1) is 7.33. The number of carbonyl (C=O) groups is 2. The molecule has 0 rings (SSSR count). The van der Waals surface area contributed by atoms with Gasteiger partial charge in [-0.15, -0.1) is 0 Å². The third-order valence-electron chi connectivity index (χ3n) is 2.54. The summed E-state index contributed by atoms with van der Waals surface area (Å²) in [6.45, 7) is 5.45. The lowest BCUT2D eigenvalue weighted by Gasteiger charge is -2.26. The lowest BCUT2D eigenvalue weighted by Crippen LogP contribution is -2.54.